The first-order valence-electron chi connectivity index (χ1n) is 6.34. The Morgan fingerprint density at radius 2 is 2.12 bits per heavy atom. The number of nitrogen functional groups attached to an aromatic ring is 1. The summed E-state index contributed by atoms with van der Waals surface area (Å²) in [5, 5.41) is 12.4. The molecule has 0 saturated carbocycles. The van der Waals surface area contributed by atoms with Gasteiger partial charge in [0.25, 0.3) is 17.6 Å². The summed E-state index contributed by atoms with van der Waals surface area (Å²) in [5.41, 5.74) is 5.21. The Morgan fingerprint density at radius 1 is 1.42 bits per heavy atom. The van der Waals surface area contributed by atoms with Gasteiger partial charge < -0.3 is 16.2 Å². The van der Waals surface area contributed by atoms with Crippen LogP contribution in [0.2, 0.25) is 0 Å². The smallest absolute Gasteiger partial charge is 0.352 e. The SMILES string of the molecule is Cl.Nc1nc(C(=O)C(=O)NC2C(=O)N3C(C(=O)O)=CCS[C@@H]23)cs1. The molecule has 128 valence electrons. The van der Waals surface area contributed by atoms with Gasteiger partial charge in [-0.25, -0.2) is 9.78 Å². The van der Waals surface area contributed by atoms with Crippen LogP contribution in [0.25, 0.3) is 0 Å². The number of thioether (sulfide) groups is 1. The lowest BCUT2D eigenvalue weighted by molar-refractivity contribution is -0.150. The number of carbonyl (C=O) groups is 4. The largest absolute Gasteiger partial charge is 0.477 e. The van der Waals surface area contributed by atoms with Crippen LogP contribution in [-0.4, -0.2) is 55.7 Å². The Balaban J connectivity index is 0.00000208. The third-order valence-electron chi connectivity index (χ3n) is 3.31. The maximum atomic E-state index is 12.1. The summed E-state index contributed by atoms with van der Waals surface area (Å²) in [6.45, 7) is 0. The van der Waals surface area contributed by atoms with Gasteiger partial charge >= 0.3 is 5.97 Å². The van der Waals surface area contributed by atoms with Crippen LogP contribution in [-0.2, 0) is 14.4 Å². The van der Waals surface area contributed by atoms with E-state index in [2.05, 4.69) is 10.3 Å². The van der Waals surface area contributed by atoms with Crippen LogP contribution >= 0.6 is 35.5 Å². The van der Waals surface area contributed by atoms with Crippen LogP contribution < -0.4 is 11.1 Å². The zero-order valence-corrected chi connectivity index (χ0v) is 14.2. The number of halogens is 1. The molecule has 3 heterocycles. The standard InChI is InChI=1S/C12H10N4O5S2.ClH/c13-12-14-4(3-23-12)7(17)8(18)15-6-9(19)16-5(11(20)21)1-2-22-10(6)16;/h1,3,6,10H,2H2,(H2,13,14)(H,15,18)(H,20,21);1H/t6?,10-;/m0./s1. The summed E-state index contributed by atoms with van der Waals surface area (Å²) in [5.74, 6) is -3.23. The maximum Gasteiger partial charge on any atom is 0.352 e. The predicted molar refractivity (Wildman–Crippen MR) is 88.8 cm³/mol. The number of anilines is 1. The van der Waals surface area contributed by atoms with Crippen molar-refractivity contribution in [2.75, 3.05) is 11.5 Å². The van der Waals surface area contributed by atoms with Crippen molar-refractivity contribution in [2.45, 2.75) is 11.4 Å². The Hall–Kier alpha value is -2.11. The van der Waals surface area contributed by atoms with Crippen LogP contribution in [0, 0.1) is 0 Å². The number of nitrogens with two attached hydrogens (primary N) is 1. The fourth-order valence-corrected chi connectivity index (χ4v) is 3.99. The molecule has 1 aromatic rings. The number of hydrogen-bond donors (Lipinski definition) is 3. The number of rotatable bonds is 4. The number of aromatic nitrogens is 1. The highest BCUT2D eigenvalue weighted by Gasteiger charge is 2.53. The molecule has 2 aliphatic rings. The molecule has 3 rings (SSSR count). The Bertz CT molecular complexity index is 764. The van der Waals surface area contributed by atoms with Crippen molar-refractivity contribution in [3.8, 4) is 0 Å². The second kappa shape index (κ2) is 6.79. The van der Waals surface area contributed by atoms with Crippen molar-refractivity contribution >= 4 is 64.2 Å². The highest BCUT2D eigenvalue weighted by Crippen LogP contribution is 2.37. The maximum absolute atomic E-state index is 12.1. The quantitative estimate of drug-likeness (QED) is 0.361. The Kier molecular flexibility index (Phi) is 5.16. The lowest BCUT2D eigenvalue weighted by Gasteiger charge is -2.48. The molecule has 2 amide bonds. The summed E-state index contributed by atoms with van der Waals surface area (Å²) < 4.78 is 0. The van der Waals surface area contributed by atoms with Gasteiger partial charge in [-0.05, 0) is 6.08 Å². The van der Waals surface area contributed by atoms with E-state index in [1.807, 2.05) is 0 Å². The Morgan fingerprint density at radius 3 is 2.71 bits per heavy atom. The molecule has 1 saturated heterocycles. The number of nitrogens with one attached hydrogen (secondary N) is 1. The first kappa shape index (κ1) is 18.2. The first-order chi connectivity index (χ1) is 10.9. The van der Waals surface area contributed by atoms with Gasteiger partial charge in [0.15, 0.2) is 5.13 Å². The van der Waals surface area contributed by atoms with E-state index in [4.69, 9.17) is 10.8 Å². The number of ketones is 1. The van der Waals surface area contributed by atoms with E-state index in [-0.39, 0.29) is 28.9 Å². The highest BCUT2D eigenvalue weighted by atomic mass is 35.5. The number of thiazole rings is 1. The zero-order chi connectivity index (χ0) is 16.7. The molecule has 1 fully saturated rings. The zero-order valence-electron chi connectivity index (χ0n) is 11.8. The lowest BCUT2D eigenvalue weighted by Crippen LogP contribution is -2.70. The third kappa shape index (κ3) is 2.97. The number of fused-ring (bicyclic) bond motifs is 1. The number of carboxylic acid groups (broad SMARTS) is 1. The monoisotopic (exact) mass is 390 g/mol. The van der Waals surface area contributed by atoms with E-state index in [0.717, 1.165) is 16.2 Å². The van der Waals surface area contributed by atoms with Gasteiger partial charge in [-0.2, -0.15) is 0 Å². The second-order valence-electron chi connectivity index (χ2n) is 4.68. The van der Waals surface area contributed by atoms with Crippen molar-refractivity contribution in [1.82, 2.24) is 15.2 Å². The average molecular weight is 391 g/mol. The number of aliphatic carboxylic acids is 1. The van der Waals surface area contributed by atoms with Crippen molar-refractivity contribution in [3.05, 3.63) is 22.8 Å². The number of amides is 2. The van der Waals surface area contributed by atoms with E-state index in [1.54, 1.807) is 0 Å². The van der Waals surface area contributed by atoms with Crippen LogP contribution in [0.15, 0.2) is 17.2 Å². The molecular formula is C12H11ClN4O5S2. The van der Waals surface area contributed by atoms with Crippen molar-refractivity contribution in [2.24, 2.45) is 0 Å². The number of nitrogens with zero attached hydrogens (tertiary/aromatic N) is 2. The van der Waals surface area contributed by atoms with Gasteiger partial charge in [0.05, 0.1) is 0 Å². The van der Waals surface area contributed by atoms with Gasteiger partial charge in [0.1, 0.15) is 22.8 Å². The van der Waals surface area contributed by atoms with Crippen molar-refractivity contribution < 1.29 is 24.3 Å². The molecule has 2 aliphatic heterocycles. The van der Waals surface area contributed by atoms with E-state index in [9.17, 15) is 19.2 Å². The normalized spacial score (nSPS) is 21.8. The first-order valence-corrected chi connectivity index (χ1v) is 8.27. The third-order valence-corrected chi connectivity index (χ3v) is 5.17. The second-order valence-corrected chi connectivity index (χ2v) is 6.72. The molecule has 12 heteroatoms. The van der Waals surface area contributed by atoms with Crippen LogP contribution in [0.3, 0.4) is 0 Å². The molecule has 24 heavy (non-hydrogen) atoms. The molecule has 0 radical (unpaired) electrons. The summed E-state index contributed by atoms with van der Waals surface area (Å²) in [6.07, 6.45) is 1.43. The summed E-state index contributed by atoms with van der Waals surface area (Å²) in [7, 11) is 0. The van der Waals surface area contributed by atoms with Gasteiger partial charge in [0, 0.05) is 11.1 Å². The molecule has 0 spiro atoms. The molecule has 0 aliphatic carbocycles. The fourth-order valence-electron chi connectivity index (χ4n) is 2.25. The lowest BCUT2D eigenvalue weighted by atomic mass is 10.0. The van der Waals surface area contributed by atoms with Crippen LogP contribution in [0.1, 0.15) is 10.5 Å². The highest BCUT2D eigenvalue weighted by molar-refractivity contribution is 8.00. The van der Waals surface area contributed by atoms with Crippen molar-refractivity contribution in [3.63, 3.8) is 0 Å². The number of hydrogen-bond acceptors (Lipinski definition) is 8. The fraction of sp³-hybridized carbons (Fsp3) is 0.250. The molecule has 1 aromatic heterocycles. The minimum Gasteiger partial charge on any atom is -0.477 e. The number of carboxylic acids is 1. The van der Waals surface area contributed by atoms with Gasteiger partial charge in [-0.15, -0.1) is 35.5 Å². The van der Waals surface area contributed by atoms with E-state index < -0.39 is 35.0 Å². The van der Waals surface area contributed by atoms with Crippen LogP contribution in [0.4, 0.5) is 5.13 Å². The minimum atomic E-state index is -1.21. The molecule has 9 nitrogen and oxygen atoms in total. The summed E-state index contributed by atoms with van der Waals surface area (Å²) in [4.78, 5) is 51.8. The molecule has 0 bridgehead atoms. The van der Waals surface area contributed by atoms with Gasteiger partial charge in [0.2, 0.25) is 0 Å². The molecule has 4 N–H and O–H groups in total. The van der Waals surface area contributed by atoms with Crippen LogP contribution in [0.5, 0.6) is 0 Å². The van der Waals surface area contributed by atoms with Gasteiger partial charge in [-0.3, -0.25) is 19.3 Å². The van der Waals surface area contributed by atoms with Gasteiger partial charge in [-0.1, -0.05) is 0 Å². The number of Topliss-reactive ketones (excluding diaryl/α,β-unsaturated/α-hetero) is 1. The average Bonchev–Trinajstić information content (AvgIpc) is 2.96. The van der Waals surface area contributed by atoms with E-state index in [1.165, 1.54) is 23.2 Å². The predicted octanol–water partition coefficient (Wildman–Crippen LogP) is -0.302. The molecule has 0 aromatic carbocycles. The Labute approximate surface area is 149 Å². The minimum absolute atomic E-state index is 0. The molecule has 2 atom stereocenters. The van der Waals surface area contributed by atoms with E-state index >= 15 is 0 Å². The number of carbonyl (C=O) groups excluding carboxylic acids is 3. The topological polar surface area (TPSA) is 143 Å². The summed E-state index contributed by atoms with van der Waals surface area (Å²) >= 11 is 2.33. The van der Waals surface area contributed by atoms with Crippen molar-refractivity contribution in [1.29, 1.82) is 0 Å². The summed E-state index contributed by atoms with van der Waals surface area (Å²) in [6, 6.07) is -0.935. The van der Waals surface area contributed by atoms with E-state index in [0.29, 0.717) is 5.75 Å². The molecule has 1 unspecified atom stereocenters. The number of β-lactam (4-membered cyclic amide) rings is 1. The molecular weight excluding hydrogens is 380 g/mol.